The van der Waals surface area contributed by atoms with E-state index in [2.05, 4.69) is 30.6 Å². The predicted octanol–water partition coefficient (Wildman–Crippen LogP) is 3.28. The average molecular weight is 526 g/mol. The molecule has 1 amide bonds. The monoisotopic (exact) mass is 525 g/mol. The summed E-state index contributed by atoms with van der Waals surface area (Å²) in [6.45, 7) is 10.6. The minimum atomic E-state index is -3.86. The smallest absolute Gasteiger partial charge is 0.410 e. The van der Waals surface area contributed by atoms with Crippen LogP contribution in [0.5, 0.6) is 0 Å². The molecule has 5 rings (SSSR count). The predicted molar refractivity (Wildman–Crippen MR) is 139 cm³/mol. The first-order valence-corrected chi connectivity index (χ1v) is 13.8. The second kappa shape index (κ2) is 8.56. The fraction of sp³-hybridized carbons (Fsp3) is 0.520. The summed E-state index contributed by atoms with van der Waals surface area (Å²) in [4.78, 5) is 29.0. The number of hydrogen-bond donors (Lipinski definition) is 2. The topological polar surface area (TPSA) is 144 Å². The van der Waals surface area contributed by atoms with Crippen molar-refractivity contribution in [2.45, 2.75) is 75.6 Å². The van der Waals surface area contributed by atoms with E-state index in [4.69, 9.17) is 4.74 Å². The molecule has 2 aromatic heterocycles. The number of ether oxygens (including phenoxy) is 1. The average Bonchev–Trinajstić information content (AvgIpc) is 3.47. The van der Waals surface area contributed by atoms with Gasteiger partial charge in [-0.1, -0.05) is 6.07 Å². The molecule has 1 aliphatic carbocycles. The molecule has 2 N–H and O–H groups in total. The summed E-state index contributed by atoms with van der Waals surface area (Å²) >= 11 is 0. The Morgan fingerprint density at radius 2 is 1.95 bits per heavy atom. The Morgan fingerprint density at radius 3 is 2.59 bits per heavy atom. The summed E-state index contributed by atoms with van der Waals surface area (Å²) < 4.78 is 34.0. The van der Waals surface area contributed by atoms with Gasteiger partial charge in [-0.05, 0) is 59.6 Å². The van der Waals surface area contributed by atoms with Gasteiger partial charge in [0.1, 0.15) is 28.9 Å². The maximum Gasteiger partial charge on any atom is 0.410 e. The largest absolute Gasteiger partial charge is 0.444 e. The molecule has 1 saturated heterocycles. The van der Waals surface area contributed by atoms with E-state index in [9.17, 15) is 18.5 Å². The Labute approximate surface area is 215 Å². The lowest BCUT2D eigenvalue weighted by molar-refractivity contribution is 0.0130. The molecule has 1 aliphatic heterocycles. The zero-order chi connectivity index (χ0) is 26.8. The number of fused-ring (bicyclic) bond motifs is 3. The van der Waals surface area contributed by atoms with E-state index >= 15 is 0 Å². The third-order valence-electron chi connectivity index (χ3n) is 6.83. The van der Waals surface area contributed by atoms with Crippen LogP contribution in [-0.4, -0.2) is 70.7 Å². The molecule has 1 saturated carbocycles. The van der Waals surface area contributed by atoms with Gasteiger partial charge >= 0.3 is 6.09 Å². The summed E-state index contributed by atoms with van der Waals surface area (Å²) in [5, 5.41) is 10.9. The first-order valence-electron chi connectivity index (χ1n) is 12.3. The van der Waals surface area contributed by atoms with Crippen molar-refractivity contribution < 1.29 is 17.9 Å². The van der Waals surface area contributed by atoms with Gasteiger partial charge in [0.05, 0.1) is 16.4 Å². The summed E-state index contributed by atoms with van der Waals surface area (Å²) in [7, 11) is -3.86. The molecule has 0 unspecified atom stereocenters. The van der Waals surface area contributed by atoms with Crippen molar-refractivity contribution in [3.8, 4) is 6.07 Å². The second-order valence-electron chi connectivity index (χ2n) is 11.0. The molecule has 2 atom stereocenters. The van der Waals surface area contributed by atoms with E-state index in [1.807, 2.05) is 34.6 Å². The number of hydrogen-bond acceptors (Lipinski definition) is 8. The number of anilines is 1. The third kappa shape index (κ3) is 4.69. The Morgan fingerprint density at radius 1 is 1.22 bits per heavy atom. The zero-order valence-corrected chi connectivity index (χ0v) is 22.4. The summed E-state index contributed by atoms with van der Waals surface area (Å²) in [6, 6.07) is 6.74. The molecule has 0 bridgehead atoms. The summed E-state index contributed by atoms with van der Waals surface area (Å²) in [5.74, 6) is 0.717. The number of aromatic amines is 1. The first kappa shape index (κ1) is 25.2. The van der Waals surface area contributed by atoms with Gasteiger partial charge in [-0.25, -0.2) is 23.2 Å². The van der Waals surface area contributed by atoms with E-state index in [0.29, 0.717) is 37.1 Å². The lowest BCUT2D eigenvalue weighted by Crippen LogP contribution is -2.59. The normalized spacial score (nSPS) is 21.7. The van der Waals surface area contributed by atoms with Gasteiger partial charge in [-0.2, -0.15) is 9.98 Å². The number of benzene rings is 1. The van der Waals surface area contributed by atoms with Gasteiger partial charge in [0.15, 0.2) is 0 Å². The molecular weight excluding hydrogens is 494 g/mol. The van der Waals surface area contributed by atoms with E-state index in [0.717, 1.165) is 16.6 Å². The van der Waals surface area contributed by atoms with Crippen LogP contribution in [0.1, 0.15) is 47.5 Å². The van der Waals surface area contributed by atoms with Gasteiger partial charge in [0, 0.05) is 36.1 Å². The third-order valence-corrected chi connectivity index (χ3v) is 8.36. The minimum Gasteiger partial charge on any atom is -0.444 e. The van der Waals surface area contributed by atoms with Crippen molar-refractivity contribution >= 4 is 43.9 Å². The van der Waals surface area contributed by atoms with Crippen molar-refractivity contribution in [1.29, 1.82) is 5.26 Å². The Hall–Kier alpha value is -3.43. The molecule has 2 fully saturated rings. The number of H-pyrrole nitrogens is 1. The summed E-state index contributed by atoms with van der Waals surface area (Å²) in [5.41, 5.74) is -0.376. The number of carbonyl (C=O) groups is 1. The zero-order valence-electron chi connectivity index (χ0n) is 21.6. The molecular formula is C25H31N7O4S. The maximum atomic E-state index is 12.9. The van der Waals surface area contributed by atoms with E-state index in [1.165, 1.54) is 12.4 Å². The number of carbonyl (C=O) groups excluding carboxylic acids is 1. The van der Waals surface area contributed by atoms with Gasteiger partial charge in [-0.15, -0.1) is 0 Å². The number of nitriles is 1. The number of amides is 1. The molecule has 11 nitrogen and oxygen atoms in total. The lowest BCUT2D eigenvalue weighted by atomic mass is 10.1. The van der Waals surface area contributed by atoms with Crippen molar-refractivity contribution in [3.63, 3.8) is 0 Å². The quantitative estimate of drug-likeness (QED) is 0.528. The Bertz CT molecular complexity index is 1530. The van der Waals surface area contributed by atoms with Crippen LogP contribution in [0, 0.1) is 11.3 Å². The van der Waals surface area contributed by atoms with Crippen LogP contribution in [0.15, 0.2) is 29.4 Å². The van der Waals surface area contributed by atoms with Crippen LogP contribution in [-0.2, 0) is 14.8 Å². The Kier molecular flexibility index (Phi) is 5.84. The highest BCUT2D eigenvalue weighted by Crippen LogP contribution is 2.37. The van der Waals surface area contributed by atoms with Gasteiger partial charge in [0.2, 0.25) is 10.0 Å². The van der Waals surface area contributed by atoms with Crippen LogP contribution in [0.4, 0.5) is 10.6 Å². The highest BCUT2D eigenvalue weighted by molar-refractivity contribution is 7.89. The van der Waals surface area contributed by atoms with Crippen LogP contribution >= 0.6 is 0 Å². The number of sulfonamides is 1. The molecule has 0 radical (unpaired) electrons. The molecule has 2 aliphatic rings. The molecule has 196 valence electrons. The Balaban J connectivity index is 1.47. The highest BCUT2D eigenvalue weighted by atomic mass is 32.2. The molecule has 37 heavy (non-hydrogen) atoms. The maximum absolute atomic E-state index is 12.9. The standard InChI is InChI=1S/C25H31N7O4S/c1-15-12-32(23(33)36-24(3,4)5)16(2)11-31(15)22-20-18-7-6-17(10-19(18)29-21(20)27-14-28-22)37(34,35)30-25(13-26)8-9-25/h6-7,10,14-16,30H,8-9,11-12H2,1-5H3,(H,27,28,29)/t15-,16+/m1/s1. The van der Waals surface area contributed by atoms with Crippen LogP contribution in [0.3, 0.4) is 0 Å². The fourth-order valence-electron chi connectivity index (χ4n) is 4.75. The lowest BCUT2D eigenvalue weighted by Gasteiger charge is -2.44. The number of rotatable bonds is 4. The number of aromatic nitrogens is 3. The number of piperazine rings is 1. The molecule has 3 heterocycles. The molecule has 0 spiro atoms. The van der Waals surface area contributed by atoms with Gasteiger partial charge < -0.3 is 19.5 Å². The second-order valence-corrected chi connectivity index (χ2v) is 12.7. The van der Waals surface area contributed by atoms with Crippen LogP contribution in [0.2, 0.25) is 0 Å². The number of nitrogens with zero attached hydrogens (tertiary/aromatic N) is 5. The molecule has 12 heteroatoms. The van der Waals surface area contributed by atoms with Crippen LogP contribution in [0.25, 0.3) is 21.9 Å². The minimum absolute atomic E-state index is 0.0451. The molecule has 1 aromatic carbocycles. The summed E-state index contributed by atoms with van der Waals surface area (Å²) in [6.07, 6.45) is 2.16. The SMILES string of the molecule is C[C@@H]1CN(C(=O)OC(C)(C)C)[C@@H](C)CN1c1ncnc2[nH]c3cc(S(=O)(=O)NC4(C#N)CC4)ccc3c12. The first-order chi connectivity index (χ1) is 17.3. The number of nitrogens with one attached hydrogen (secondary N) is 2. The van der Waals surface area contributed by atoms with E-state index in [1.54, 1.807) is 17.0 Å². The fourth-order valence-corrected chi connectivity index (χ4v) is 6.15. The van der Waals surface area contributed by atoms with E-state index < -0.39 is 21.2 Å². The van der Waals surface area contributed by atoms with Crippen molar-refractivity contribution in [1.82, 2.24) is 24.6 Å². The van der Waals surface area contributed by atoms with Gasteiger partial charge in [0.25, 0.3) is 0 Å². The van der Waals surface area contributed by atoms with Crippen molar-refractivity contribution in [2.24, 2.45) is 0 Å². The van der Waals surface area contributed by atoms with Crippen molar-refractivity contribution in [2.75, 3.05) is 18.0 Å². The van der Waals surface area contributed by atoms with E-state index in [-0.39, 0.29) is 23.1 Å². The van der Waals surface area contributed by atoms with Crippen molar-refractivity contribution in [3.05, 3.63) is 24.5 Å². The van der Waals surface area contributed by atoms with Crippen LogP contribution < -0.4 is 9.62 Å². The highest BCUT2D eigenvalue weighted by Gasteiger charge is 2.47. The molecule has 3 aromatic rings. The van der Waals surface area contributed by atoms with Gasteiger partial charge in [-0.3, -0.25) is 0 Å².